The van der Waals surface area contributed by atoms with Crippen molar-refractivity contribution in [3.8, 4) is 0 Å². The summed E-state index contributed by atoms with van der Waals surface area (Å²) in [5, 5.41) is 0.309. The van der Waals surface area contributed by atoms with Gasteiger partial charge in [-0.05, 0) is 31.4 Å². The fourth-order valence-corrected chi connectivity index (χ4v) is 3.01. The molecule has 1 aromatic rings. The van der Waals surface area contributed by atoms with E-state index in [1.165, 1.54) is 13.2 Å². The van der Waals surface area contributed by atoms with Gasteiger partial charge in [-0.15, -0.1) is 0 Å². The topological polar surface area (TPSA) is 98.7 Å². The summed E-state index contributed by atoms with van der Waals surface area (Å²) >= 11 is 6.26. The number of rotatable bonds is 3. The van der Waals surface area contributed by atoms with Crippen molar-refractivity contribution in [2.45, 2.75) is 25.3 Å². The van der Waals surface area contributed by atoms with E-state index in [1.54, 1.807) is 11.0 Å². The van der Waals surface area contributed by atoms with Crippen LogP contribution in [0.1, 0.15) is 29.6 Å². The van der Waals surface area contributed by atoms with Crippen molar-refractivity contribution in [1.29, 1.82) is 0 Å². The molecule has 21 heavy (non-hydrogen) atoms. The van der Waals surface area contributed by atoms with Gasteiger partial charge >= 0.3 is 5.97 Å². The van der Waals surface area contributed by atoms with Gasteiger partial charge < -0.3 is 21.1 Å². The molecular weight excluding hydrogens is 294 g/mol. The first-order valence-electron chi connectivity index (χ1n) is 6.69. The molecule has 1 heterocycles. The van der Waals surface area contributed by atoms with Gasteiger partial charge in [0.25, 0.3) is 0 Å². The summed E-state index contributed by atoms with van der Waals surface area (Å²) in [5.41, 5.74) is 12.3. The van der Waals surface area contributed by atoms with Gasteiger partial charge in [-0.3, -0.25) is 4.79 Å². The van der Waals surface area contributed by atoms with E-state index in [4.69, 9.17) is 27.8 Å². The van der Waals surface area contributed by atoms with Gasteiger partial charge in [0.05, 0.1) is 23.4 Å². The average molecular weight is 312 g/mol. The second kappa shape index (κ2) is 6.22. The van der Waals surface area contributed by atoms with E-state index in [0.29, 0.717) is 29.4 Å². The molecule has 1 atom stereocenters. The highest BCUT2D eigenvalue weighted by atomic mass is 35.5. The summed E-state index contributed by atoms with van der Waals surface area (Å²) in [7, 11) is 1.28. The number of amides is 1. The van der Waals surface area contributed by atoms with Crippen molar-refractivity contribution in [1.82, 2.24) is 0 Å². The Labute approximate surface area is 128 Å². The van der Waals surface area contributed by atoms with Gasteiger partial charge in [0.2, 0.25) is 5.91 Å². The molecule has 0 radical (unpaired) electrons. The molecule has 0 spiro atoms. The predicted molar refractivity (Wildman–Crippen MR) is 81.4 cm³/mol. The number of methoxy groups -OCH3 is 1. The van der Waals surface area contributed by atoms with E-state index in [0.717, 1.165) is 12.8 Å². The maximum atomic E-state index is 12.0. The summed E-state index contributed by atoms with van der Waals surface area (Å²) in [6.45, 7) is 0.598. The van der Waals surface area contributed by atoms with Crippen molar-refractivity contribution in [3.05, 3.63) is 22.7 Å². The van der Waals surface area contributed by atoms with E-state index in [2.05, 4.69) is 0 Å². The highest BCUT2D eigenvalue weighted by Crippen LogP contribution is 2.36. The molecule has 0 saturated carbocycles. The summed E-state index contributed by atoms with van der Waals surface area (Å²) in [6, 6.07) is 2.57. The Bertz CT molecular complexity index is 577. The quantitative estimate of drug-likeness (QED) is 0.652. The second-order valence-electron chi connectivity index (χ2n) is 5.00. The molecule has 1 aliphatic rings. The number of halogens is 1. The zero-order valence-electron chi connectivity index (χ0n) is 11.8. The van der Waals surface area contributed by atoms with Crippen LogP contribution in [0.25, 0.3) is 0 Å². The minimum Gasteiger partial charge on any atom is -0.465 e. The zero-order chi connectivity index (χ0) is 15.6. The number of esters is 1. The Hall–Kier alpha value is -1.95. The summed E-state index contributed by atoms with van der Waals surface area (Å²) in [4.78, 5) is 25.4. The Kier molecular flexibility index (Phi) is 4.57. The second-order valence-corrected chi connectivity index (χ2v) is 5.41. The number of nitrogens with two attached hydrogens (primary N) is 2. The molecule has 1 aromatic carbocycles. The molecule has 1 fully saturated rings. The van der Waals surface area contributed by atoms with Crippen molar-refractivity contribution >= 4 is 34.9 Å². The van der Waals surface area contributed by atoms with Crippen LogP contribution in [-0.4, -0.2) is 31.6 Å². The molecule has 2 rings (SSSR count). The van der Waals surface area contributed by atoms with Gasteiger partial charge in [-0.1, -0.05) is 11.6 Å². The Morgan fingerprint density at radius 2 is 2.10 bits per heavy atom. The molecule has 1 unspecified atom stereocenters. The van der Waals surface area contributed by atoms with Crippen molar-refractivity contribution in [3.63, 3.8) is 0 Å². The Balaban J connectivity index is 2.55. The van der Waals surface area contributed by atoms with Gasteiger partial charge in [0.1, 0.15) is 6.04 Å². The minimum atomic E-state index is -0.548. The van der Waals surface area contributed by atoms with Crippen molar-refractivity contribution in [2.24, 2.45) is 5.73 Å². The third kappa shape index (κ3) is 3.05. The number of ether oxygens (including phenoxy) is 1. The van der Waals surface area contributed by atoms with Crippen molar-refractivity contribution < 1.29 is 14.3 Å². The smallest absolute Gasteiger partial charge is 0.340 e. The number of nitrogens with zero attached hydrogens (tertiary/aromatic N) is 1. The van der Waals surface area contributed by atoms with Gasteiger partial charge in [-0.25, -0.2) is 4.79 Å². The minimum absolute atomic E-state index is 0.246. The average Bonchev–Trinajstić information content (AvgIpc) is 2.45. The summed E-state index contributed by atoms with van der Waals surface area (Å²) in [6.07, 6.45) is 2.44. The SMILES string of the molecule is COC(=O)c1cc(N)cc(Cl)c1N1CCCCC1C(N)=O. The number of carbonyl (C=O) groups excluding carboxylic acids is 2. The van der Waals surface area contributed by atoms with Gasteiger partial charge in [0.15, 0.2) is 0 Å². The molecule has 7 heteroatoms. The Morgan fingerprint density at radius 1 is 1.38 bits per heavy atom. The number of piperidine rings is 1. The standard InChI is InChI=1S/C14H18ClN3O3/c1-21-14(20)9-6-8(16)7-10(15)12(9)18-5-3-2-4-11(18)13(17)19/h6-7,11H,2-5,16H2,1H3,(H2,17,19). The molecule has 1 amide bonds. The molecule has 6 nitrogen and oxygen atoms in total. The number of benzene rings is 1. The number of nitrogen functional groups attached to an aromatic ring is 1. The third-order valence-electron chi connectivity index (χ3n) is 3.61. The number of primary amides is 1. The number of anilines is 2. The van der Waals surface area contributed by atoms with Gasteiger partial charge in [0, 0.05) is 12.2 Å². The number of hydrogen-bond donors (Lipinski definition) is 2. The Morgan fingerprint density at radius 3 is 2.71 bits per heavy atom. The summed E-state index contributed by atoms with van der Waals surface area (Å²) in [5.74, 6) is -0.980. The molecule has 1 saturated heterocycles. The molecule has 1 aliphatic heterocycles. The molecule has 0 aromatic heterocycles. The van der Waals surface area contributed by atoms with Crippen LogP contribution in [0.15, 0.2) is 12.1 Å². The van der Waals surface area contributed by atoms with Crippen LogP contribution in [0.2, 0.25) is 5.02 Å². The maximum Gasteiger partial charge on any atom is 0.340 e. The fraction of sp³-hybridized carbons (Fsp3) is 0.429. The normalized spacial score (nSPS) is 18.4. The van der Waals surface area contributed by atoms with Crippen LogP contribution in [0.4, 0.5) is 11.4 Å². The molecular formula is C14H18ClN3O3. The lowest BCUT2D eigenvalue weighted by molar-refractivity contribution is -0.119. The first-order chi connectivity index (χ1) is 9.95. The molecule has 114 valence electrons. The van der Waals surface area contributed by atoms with Crippen LogP contribution in [0.5, 0.6) is 0 Å². The first kappa shape index (κ1) is 15.4. The van der Waals surface area contributed by atoms with Crippen LogP contribution >= 0.6 is 11.6 Å². The lowest BCUT2D eigenvalue weighted by Gasteiger charge is -2.37. The summed E-state index contributed by atoms with van der Waals surface area (Å²) < 4.78 is 4.78. The molecule has 0 aliphatic carbocycles. The maximum absolute atomic E-state index is 12.0. The highest BCUT2D eigenvalue weighted by molar-refractivity contribution is 6.34. The van der Waals surface area contributed by atoms with E-state index < -0.39 is 17.9 Å². The van der Waals surface area contributed by atoms with E-state index in [9.17, 15) is 9.59 Å². The largest absolute Gasteiger partial charge is 0.465 e. The zero-order valence-corrected chi connectivity index (χ0v) is 12.5. The third-order valence-corrected chi connectivity index (χ3v) is 3.90. The number of carbonyl (C=O) groups is 2. The van der Waals surface area contributed by atoms with Gasteiger partial charge in [-0.2, -0.15) is 0 Å². The van der Waals surface area contributed by atoms with Crippen LogP contribution in [0, 0.1) is 0 Å². The molecule has 4 N–H and O–H groups in total. The van der Waals surface area contributed by atoms with Crippen LogP contribution in [0.3, 0.4) is 0 Å². The lowest BCUT2D eigenvalue weighted by atomic mass is 9.99. The van der Waals surface area contributed by atoms with E-state index >= 15 is 0 Å². The lowest BCUT2D eigenvalue weighted by Crippen LogP contribution is -2.48. The number of hydrogen-bond acceptors (Lipinski definition) is 5. The predicted octanol–water partition coefficient (Wildman–Crippen LogP) is 1.55. The van der Waals surface area contributed by atoms with E-state index in [1.807, 2.05) is 0 Å². The van der Waals surface area contributed by atoms with Crippen molar-refractivity contribution in [2.75, 3.05) is 24.3 Å². The van der Waals surface area contributed by atoms with Crippen LogP contribution < -0.4 is 16.4 Å². The van der Waals surface area contributed by atoms with E-state index in [-0.39, 0.29) is 5.56 Å². The highest BCUT2D eigenvalue weighted by Gasteiger charge is 2.31. The fourth-order valence-electron chi connectivity index (χ4n) is 2.67. The first-order valence-corrected chi connectivity index (χ1v) is 7.06. The monoisotopic (exact) mass is 311 g/mol. The van der Waals surface area contributed by atoms with Crippen LogP contribution in [-0.2, 0) is 9.53 Å². The molecule has 0 bridgehead atoms.